The summed E-state index contributed by atoms with van der Waals surface area (Å²) in [6.07, 6.45) is -4.62. The van der Waals surface area contributed by atoms with Gasteiger partial charge in [0.25, 0.3) is 5.56 Å². The van der Waals surface area contributed by atoms with Crippen molar-refractivity contribution in [1.29, 1.82) is 0 Å². The van der Waals surface area contributed by atoms with Crippen LogP contribution in [-0.2, 0) is 6.18 Å². The molecular weight excluding hydrogens is 373 g/mol. The largest absolute Gasteiger partial charge is 0.416 e. The molecule has 3 aromatic rings. The molecule has 2 aromatic carbocycles. The molecule has 1 amide bonds. The van der Waals surface area contributed by atoms with Crippen molar-refractivity contribution in [3.8, 4) is 0 Å². The van der Waals surface area contributed by atoms with Crippen LogP contribution in [-0.4, -0.2) is 15.9 Å². The second kappa shape index (κ2) is 6.99. The van der Waals surface area contributed by atoms with Crippen LogP contribution in [0, 0.1) is 6.92 Å². The molecule has 0 aliphatic carbocycles. The van der Waals surface area contributed by atoms with E-state index in [1.165, 1.54) is 25.1 Å². The first-order valence-corrected chi connectivity index (χ1v) is 8.34. The Bertz CT molecular complexity index is 1110. The highest BCUT2D eigenvalue weighted by Crippen LogP contribution is 2.37. The molecule has 9 heteroatoms. The van der Waals surface area contributed by atoms with Crippen molar-refractivity contribution in [2.75, 3.05) is 5.32 Å². The molecule has 0 spiro atoms. The highest BCUT2D eigenvalue weighted by Gasteiger charge is 2.35. The molecule has 1 heterocycles. The molecule has 6 nitrogen and oxygen atoms in total. The minimum Gasteiger partial charge on any atom is -0.379 e. The zero-order valence-electron chi connectivity index (χ0n) is 15.0. The first-order valence-electron chi connectivity index (χ1n) is 8.34. The zero-order chi connectivity index (χ0) is 20.6. The predicted molar refractivity (Wildman–Crippen MR) is 99.1 cm³/mol. The molecule has 0 unspecified atom stereocenters. The molecule has 1 aromatic heterocycles. The van der Waals surface area contributed by atoms with Crippen LogP contribution in [0.25, 0.3) is 10.9 Å². The monoisotopic (exact) mass is 390 g/mol. The number of H-pyrrole nitrogens is 1. The third-order valence-electron chi connectivity index (χ3n) is 4.32. The van der Waals surface area contributed by atoms with E-state index in [2.05, 4.69) is 15.3 Å². The molecule has 0 radical (unpaired) electrons. The topological polar surface area (TPSA) is 101 Å². The third-order valence-corrected chi connectivity index (χ3v) is 4.32. The summed E-state index contributed by atoms with van der Waals surface area (Å²) in [6, 6.07) is 7.35. The molecule has 0 aliphatic heterocycles. The van der Waals surface area contributed by atoms with Crippen molar-refractivity contribution in [2.45, 2.75) is 26.1 Å². The second-order valence-electron chi connectivity index (χ2n) is 6.41. The number of hydrogen-bond acceptors (Lipinski definition) is 4. The highest BCUT2D eigenvalue weighted by atomic mass is 19.4. The van der Waals surface area contributed by atoms with Crippen LogP contribution in [0.4, 0.5) is 18.9 Å². The van der Waals surface area contributed by atoms with Crippen LogP contribution in [0.1, 0.15) is 40.3 Å². The number of nitrogens with one attached hydrogen (secondary N) is 2. The number of amides is 1. The van der Waals surface area contributed by atoms with Crippen molar-refractivity contribution in [1.82, 2.24) is 9.97 Å². The summed E-state index contributed by atoms with van der Waals surface area (Å²) < 4.78 is 40.9. The van der Waals surface area contributed by atoms with Crippen LogP contribution < -0.4 is 16.6 Å². The Morgan fingerprint density at radius 2 is 1.86 bits per heavy atom. The van der Waals surface area contributed by atoms with Gasteiger partial charge in [-0.05, 0) is 55.8 Å². The normalized spacial score (nSPS) is 12.8. The smallest absolute Gasteiger partial charge is 0.379 e. The number of nitrogens with two attached hydrogens (primary N) is 1. The molecule has 1 atom stereocenters. The van der Waals surface area contributed by atoms with Crippen molar-refractivity contribution < 1.29 is 18.0 Å². The van der Waals surface area contributed by atoms with Crippen LogP contribution >= 0.6 is 0 Å². The summed E-state index contributed by atoms with van der Waals surface area (Å²) >= 11 is 0. The molecule has 4 N–H and O–H groups in total. The maximum absolute atomic E-state index is 13.6. The van der Waals surface area contributed by atoms with Gasteiger partial charge in [0.05, 0.1) is 16.5 Å². The molecule has 0 aliphatic rings. The molecule has 146 valence electrons. The number of nitrogens with zero attached hydrogens (tertiary/aromatic N) is 1. The number of anilines is 1. The van der Waals surface area contributed by atoms with Crippen molar-refractivity contribution >= 4 is 22.5 Å². The number of fused-ring (bicyclic) bond motifs is 1. The number of rotatable bonds is 4. The van der Waals surface area contributed by atoms with E-state index in [1.54, 1.807) is 19.1 Å². The van der Waals surface area contributed by atoms with E-state index in [0.717, 1.165) is 6.07 Å². The van der Waals surface area contributed by atoms with Gasteiger partial charge in [-0.15, -0.1) is 0 Å². The van der Waals surface area contributed by atoms with E-state index < -0.39 is 29.2 Å². The van der Waals surface area contributed by atoms with E-state index in [4.69, 9.17) is 5.73 Å². The maximum Gasteiger partial charge on any atom is 0.416 e. The minimum absolute atomic E-state index is 0.0182. The predicted octanol–water partition coefficient (Wildman–Crippen LogP) is 3.52. The van der Waals surface area contributed by atoms with Gasteiger partial charge in [0.1, 0.15) is 5.82 Å². The fourth-order valence-electron chi connectivity index (χ4n) is 2.98. The highest BCUT2D eigenvalue weighted by molar-refractivity contribution is 5.93. The van der Waals surface area contributed by atoms with E-state index >= 15 is 0 Å². The van der Waals surface area contributed by atoms with Gasteiger partial charge in [0.2, 0.25) is 5.91 Å². The van der Waals surface area contributed by atoms with Gasteiger partial charge in [0, 0.05) is 17.3 Å². The summed E-state index contributed by atoms with van der Waals surface area (Å²) in [5, 5.41) is 3.02. The van der Waals surface area contributed by atoms with Gasteiger partial charge < -0.3 is 16.0 Å². The number of aromatic nitrogens is 2. The lowest BCUT2D eigenvalue weighted by Crippen LogP contribution is -2.18. The Hall–Kier alpha value is -3.36. The van der Waals surface area contributed by atoms with Gasteiger partial charge in [-0.25, -0.2) is 4.98 Å². The lowest BCUT2D eigenvalue weighted by atomic mass is 9.98. The number of aromatic amines is 1. The number of primary amides is 1. The van der Waals surface area contributed by atoms with E-state index in [-0.39, 0.29) is 27.9 Å². The van der Waals surface area contributed by atoms with Crippen LogP contribution in [0.5, 0.6) is 0 Å². The number of aryl methyl sites for hydroxylation is 1. The number of halogens is 3. The van der Waals surface area contributed by atoms with E-state index in [0.29, 0.717) is 5.69 Å². The van der Waals surface area contributed by atoms with Crippen molar-refractivity contribution in [3.05, 3.63) is 69.3 Å². The Morgan fingerprint density at radius 3 is 2.43 bits per heavy atom. The summed E-state index contributed by atoms with van der Waals surface area (Å²) in [7, 11) is 0. The van der Waals surface area contributed by atoms with E-state index in [1.807, 2.05) is 0 Å². The summed E-state index contributed by atoms with van der Waals surface area (Å²) in [5.41, 5.74) is 4.49. The molecule has 0 saturated heterocycles. The Morgan fingerprint density at radius 1 is 1.21 bits per heavy atom. The number of carbonyl (C=O) groups excluding carboxylic acids is 1. The Kier molecular flexibility index (Phi) is 4.84. The lowest BCUT2D eigenvalue weighted by molar-refractivity contribution is -0.138. The average Bonchev–Trinajstić information content (AvgIpc) is 2.60. The first-order chi connectivity index (χ1) is 13.1. The number of carbonyl (C=O) groups is 1. The quantitative estimate of drug-likeness (QED) is 0.634. The molecule has 0 bridgehead atoms. The fourth-order valence-corrected chi connectivity index (χ4v) is 2.98. The van der Waals surface area contributed by atoms with Crippen LogP contribution in [0.2, 0.25) is 0 Å². The minimum atomic E-state index is -4.62. The number of hydrogen-bond donors (Lipinski definition) is 3. The molecule has 0 fully saturated rings. The SMILES string of the molecule is Cc1nc2cc(C(F)(F)F)c([C@H](C)Nc3ccc(C(N)=O)cc3)cc2c(=O)[nH]1. The van der Waals surface area contributed by atoms with Gasteiger partial charge in [0.15, 0.2) is 0 Å². The number of alkyl halides is 3. The summed E-state index contributed by atoms with van der Waals surface area (Å²) in [4.78, 5) is 29.8. The van der Waals surface area contributed by atoms with E-state index in [9.17, 15) is 22.8 Å². The molecule has 28 heavy (non-hydrogen) atoms. The number of benzene rings is 2. The molecule has 3 rings (SSSR count). The van der Waals surface area contributed by atoms with Crippen molar-refractivity contribution in [3.63, 3.8) is 0 Å². The van der Waals surface area contributed by atoms with Gasteiger partial charge in [-0.3, -0.25) is 9.59 Å². The van der Waals surface area contributed by atoms with Crippen molar-refractivity contribution in [2.24, 2.45) is 5.73 Å². The van der Waals surface area contributed by atoms with Crippen LogP contribution in [0.3, 0.4) is 0 Å². The Balaban J connectivity index is 2.06. The molecule has 0 saturated carbocycles. The lowest BCUT2D eigenvalue weighted by Gasteiger charge is -2.21. The second-order valence-corrected chi connectivity index (χ2v) is 6.41. The zero-order valence-corrected chi connectivity index (χ0v) is 15.0. The summed E-state index contributed by atoms with van der Waals surface area (Å²) in [6.45, 7) is 3.05. The average molecular weight is 390 g/mol. The Labute approximate surface area is 157 Å². The first kappa shape index (κ1) is 19.4. The van der Waals surface area contributed by atoms with Crippen LogP contribution in [0.15, 0.2) is 41.2 Å². The fraction of sp³-hybridized carbons (Fsp3) is 0.211. The maximum atomic E-state index is 13.6. The standard InChI is InChI=1S/C19H17F3N4O2/c1-9(24-12-5-3-11(4-6-12)17(23)27)13-7-14-16(8-15(13)19(20,21)22)25-10(2)26-18(14)28/h3-9,24H,1-2H3,(H2,23,27)(H,25,26,28)/t9-/m0/s1. The van der Waals surface area contributed by atoms with Gasteiger partial charge in [-0.1, -0.05) is 0 Å². The van der Waals surface area contributed by atoms with Gasteiger partial charge in [-0.2, -0.15) is 13.2 Å². The molecular formula is C19H17F3N4O2. The summed E-state index contributed by atoms with van der Waals surface area (Å²) in [5.74, 6) is -0.366. The van der Waals surface area contributed by atoms with Gasteiger partial charge >= 0.3 is 6.18 Å². The third kappa shape index (κ3) is 3.83.